The van der Waals surface area contributed by atoms with Gasteiger partial charge < -0.3 is 29.2 Å². The normalized spacial score (nSPS) is 40.3. The molecule has 1 aromatic carbocycles. The summed E-state index contributed by atoms with van der Waals surface area (Å²) < 4.78 is 49.0. The van der Waals surface area contributed by atoms with E-state index >= 15 is 13.6 Å². The van der Waals surface area contributed by atoms with Crippen LogP contribution in [0.1, 0.15) is 57.7 Å². The highest BCUT2D eigenvalue weighted by molar-refractivity contribution is 7.80. The van der Waals surface area contributed by atoms with Crippen LogP contribution < -0.4 is 0 Å². The summed E-state index contributed by atoms with van der Waals surface area (Å²) in [6.07, 6.45) is 8.43. The monoisotopic (exact) mass is 820 g/mol. The highest BCUT2D eigenvalue weighted by atomic mass is 32.1. The Balaban J connectivity index is 1.32. The van der Waals surface area contributed by atoms with Crippen LogP contribution in [0.15, 0.2) is 58.7 Å². The summed E-state index contributed by atoms with van der Waals surface area (Å²) in [7, 11) is 4.84. The third-order valence-electron chi connectivity index (χ3n) is 15.5. The molecule has 9 rings (SSSR count). The number of rotatable bonds is 7. The first-order valence-electron chi connectivity index (χ1n) is 20.5. The molecule has 2 N–H and O–H groups in total. The van der Waals surface area contributed by atoms with E-state index in [1.165, 1.54) is 14.0 Å². The van der Waals surface area contributed by atoms with E-state index in [-0.39, 0.29) is 31.3 Å². The molecule has 6 heterocycles. The number of aromatic amines is 1. The number of methoxy groups -OCH3 is 2. The number of aldehydes is 1. The number of aliphatic hydroxyl groups is 1. The third kappa shape index (κ3) is 5.19. The molecule has 0 amide bonds. The SMILES string of the molecule is CC[C@]12C=CCN3CC[C@@]4(C5=CC([C@@]6(C(=O)OC)C[C@H]7CC(C(C)(F)F)CN(Cc8c6[nH]c6ccc(S)cc86)C7)C(OC)C=C5N(C)[C@H]4[C@@](O)(C=O)[C@@H]1OC(C)=O)[C@@H]32. The number of nitrogens with one attached hydrogen (secondary N) is 1. The second kappa shape index (κ2) is 13.5. The van der Waals surface area contributed by atoms with E-state index in [1.807, 2.05) is 55.3 Å². The van der Waals surface area contributed by atoms with E-state index in [0.717, 1.165) is 39.6 Å². The van der Waals surface area contributed by atoms with Crippen molar-refractivity contribution in [2.45, 2.75) is 99.1 Å². The van der Waals surface area contributed by atoms with Crippen LogP contribution >= 0.6 is 12.6 Å². The number of carbonyl (C=O) groups excluding carboxylic acids is 3. The van der Waals surface area contributed by atoms with Crippen LogP contribution in [-0.4, -0.2) is 126 Å². The predicted molar refractivity (Wildman–Crippen MR) is 214 cm³/mol. The molecular weight excluding hydrogens is 767 g/mol. The average molecular weight is 821 g/mol. The molecule has 2 aliphatic carbocycles. The first-order valence-corrected chi connectivity index (χ1v) is 21.0. The van der Waals surface area contributed by atoms with Crippen molar-refractivity contribution >= 4 is 41.8 Å². The smallest absolute Gasteiger partial charge is 0.318 e. The van der Waals surface area contributed by atoms with E-state index < -0.39 is 69.8 Å². The summed E-state index contributed by atoms with van der Waals surface area (Å²) in [4.78, 5) is 52.5. The Morgan fingerprint density at radius 3 is 2.62 bits per heavy atom. The molecule has 14 heteroatoms. The quantitative estimate of drug-likeness (QED) is 0.152. The van der Waals surface area contributed by atoms with Gasteiger partial charge in [0.1, 0.15) is 11.5 Å². The zero-order valence-corrected chi connectivity index (χ0v) is 34.9. The summed E-state index contributed by atoms with van der Waals surface area (Å²) >= 11 is 4.68. The number of benzene rings is 1. The Labute approximate surface area is 343 Å². The van der Waals surface area contributed by atoms with Crippen molar-refractivity contribution in [2.75, 3.05) is 47.4 Å². The second-order valence-electron chi connectivity index (χ2n) is 18.2. The Morgan fingerprint density at radius 2 is 1.95 bits per heavy atom. The number of halogens is 2. The number of likely N-dealkylation sites (tertiary alicyclic amines) is 1. The van der Waals surface area contributed by atoms with Gasteiger partial charge in [0.25, 0.3) is 0 Å². The maximum atomic E-state index is 15.3. The average Bonchev–Trinajstić information content (AvgIpc) is 3.83. The number of alkyl halides is 2. The molecule has 2 bridgehead atoms. The summed E-state index contributed by atoms with van der Waals surface area (Å²) in [6.45, 7) is 6.71. The van der Waals surface area contributed by atoms with Crippen LogP contribution in [0.4, 0.5) is 8.78 Å². The van der Waals surface area contributed by atoms with Crippen LogP contribution in [0.2, 0.25) is 0 Å². The van der Waals surface area contributed by atoms with Crippen molar-refractivity contribution in [3.63, 3.8) is 0 Å². The van der Waals surface area contributed by atoms with Gasteiger partial charge in [0.05, 0.1) is 19.3 Å². The van der Waals surface area contributed by atoms with Gasteiger partial charge >= 0.3 is 11.9 Å². The van der Waals surface area contributed by atoms with Gasteiger partial charge in [0.15, 0.2) is 11.9 Å². The zero-order valence-electron chi connectivity index (χ0n) is 34.0. The highest BCUT2D eigenvalue weighted by Gasteiger charge is 2.79. The molecule has 4 fully saturated rings. The summed E-state index contributed by atoms with van der Waals surface area (Å²) in [5.41, 5.74) is -1.37. The van der Waals surface area contributed by atoms with E-state index in [1.54, 1.807) is 7.11 Å². The van der Waals surface area contributed by atoms with Gasteiger partial charge in [0.2, 0.25) is 5.92 Å². The fraction of sp³-hybridized carbons (Fsp3) is 0.614. The van der Waals surface area contributed by atoms with Gasteiger partial charge in [-0.15, -0.1) is 12.6 Å². The maximum Gasteiger partial charge on any atom is 0.318 e. The largest absolute Gasteiger partial charge is 0.468 e. The van der Waals surface area contributed by atoms with E-state index in [9.17, 15) is 14.7 Å². The number of fused-ring (bicyclic) bond motifs is 6. The number of allylic oxidation sites excluding steroid dienone is 1. The molecule has 4 unspecified atom stereocenters. The standard InChI is InChI=1S/C44H54F2N4O7S/c1-7-41-11-8-13-50-14-12-42(36(41)50)30-17-31(34(55-5)18-33(30)48(4)37(42)44(54,23-51)38(41)57-24(2)52)43(39(53)56-6)19-25-15-26(40(3,45)46)21-49(20-25)22-29-28-16-27(58)9-10-32(28)47-35(29)43/h8-11,16-18,23,25-26,31,34,36-38,47,54,58H,7,12-15,19-22H2,1-6H3/t25-,26?,31?,34?,36+,37-,38-,41-,42-,43+,44+/m1/s1. The molecule has 1 saturated carbocycles. The number of hydrogen-bond donors (Lipinski definition) is 3. The van der Waals surface area contributed by atoms with E-state index in [2.05, 4.69) is 33.5 Å². The maximum absolute atomic E-state index is 15.3. The van der Waals surface area contributed by atoms with Crippen LogP contribution in [0.5, 0.6) is 0 Å². The van der Waals surface area contributed by atoms with Gasteiger partial charge in [0, 0.05) is 103 Å². The van der Waals surface area contributed by atoms with Crippen molar-refractivity contribution in [1.82, 2.24) is 19.7 Å². The van der Waals surface area contributed by atoms with Crippen LogP contribution in [0, 0.1) is 28.6 Å². The number of likely N-dealkylation sites (N-methyl/N-ethyl adjacent to an activating group) is 1. The fourth-order valence-electron chi connectivity index (χ4n) is 13.5. The van der Waals surface area contributed by atoms with Crippen molar-refractivity contribution in [2.24, 2.45) is 28.6 Å². The number of nitrogens with zero attached hydrogens (tertiary/aromatic N) is 3. The van der Waals surface area contributed by atoms with Crippen LogP contribution in [0.25, 0.3) is 10.9 Å². The molecule has 1 aromatic heterocycles. The molecular formula is C44H54F2N4O7S. The first-order chi connectivity index (χ1) is 27.5. The molecule has 58 heavy (non-hydrogen) atoms. The Morgan fingerprint density at radius 1 is 1.17 bits per heavy atom. The second-order valence-corrected chi connectivity index (χ2v) is 18.8. The van der Waals surface area contributed by atoms with Crippen LogP contribution in [0.3, 0.4) is 0 Å². The minimum Gasteiger partial charge on any atom is -0.468 e. The predicted octanol–water partition coefficient (Wildman–Crippen LogP) is 5.04. The number of hydrogen-bond acceptors (Lipinski definition) is 11. The highest BCUT2D eigenvalue weighted by Crippen LogP contribution is 2.70. The van der Waals surface area contributed by atoms with Crippen molar-refractivity contribution < 1.29 is 42.5 Å². The molecule has 5 aliphatic heterocycles. The topological polar surface area (TPSA) is 125 Å². The number of piperidine rings is 1. The molecule has 3 saturated heterocycles. The van der Waals surface area contributed by atoms with E-state index in [0.29, 0.717) is 51.0 Å². The molecule has 1 spiro atoms. The zero-order chi connectivity index (χ0) is 41.3. The third-order valence-corrected chi connectivity index (χ3v) is 15.8. The first kappa shape index (κ1) is 39.9. The van der Waals surface area contributed by atoms with Gasteiger partial charge in [-0.2, -0.15) is 0 Å². The number of aromatic nitrogens is 1. The van der Waals surface area contributed by atoms with Gasteiger partial charge in [-0.05, 0) is 80.5 Å². The van der Waals surface area contributed by atoms with Crippen molar-refractivity contribution in [3.8, 4) is 0 Å². The Hall–Kier alpha value is -3.56. The minimum atomic E-state index is -2.93. The van der Waals surface area contributed by atoms with E-state index in [4.69, 9.17) is 14.2 Å². The minimum absolute atomic E-state index is 0.212. The molecule has 2 aromatic rings. The lowest BCUT2D eigenvalue weighted by atomic mass is 9.47. The number of ether oxygens (including phenoxy) is 3. The number of esters is 2. The van der Waals surface area contributed by atoms with Crippen molar-refractivity contribution in [3.05, 3.63) is 65.0 Å². The summed E-state index contributed by atoms with van der Waals surface area (Å²) in [5, 5.41) is 13.8. The lowest BCUT2D eigenvalue weighted by Gasteiger charge is -2.63. The molecule has 11 nitrogen and oxygen atoms in total. The number of H-pyrrole nitrogens is 1. The molecule has 12 atom stereocenters. The number of carbonyl (C=O) groups is 3. The van der Waals surface area contributed by atoms with Crippen molar-refractivity contribution in [1.29, 1.82) is 0 Å². The molecule has 0 radical (unpaired) electrons. The Bertz CT molecular complexity index is 2170. The van der Waals surface area contributed by atoms with Crippen LogP contribution in [-0.2, 0) is 40.6 Å². The summed E-state index contributed by atoms with van der Waals surface area (Å²) in [5.74, 6) is -5.92. The lowest BCUT2D eigenvalue weighted by molar-refractivity contribution is -0.226. The number of thiol groups is 1. The molecule has 7 aliphatic rings. The Kier molecular flexibility index (Phi) is 9.26. The fourth-order valence-corrected chi connectivity index (χ4v) is 13.7. The molecule has 312 valence electrons. The summed E-state index contributed by atoms with van der Waals surface area (Å²) in [6, 6.07) is 4.66. The lowest BCUT2D eigenvalue weighted by Crippen LogP contribution is -2.78. The van der Waals surface area contributed by atoms with Gasteiger partial charge in [-0.3, -0.25) is 24.2 Å². The van der Waals surface area contributed by atoms with Gasteiger partial charge in [-0.25, -0.2) is 8.78 Å². The van der Waals surface area contributed by atoms with Gasteiger partial charge in [-0.1, -0.05) is 25.2 Å².